The van der Waals surface area contributed by atoms with Crippen LogP contribution in [0.2, 0.25) is 0 Å². The minimum atomic E-state index is -0.112. The Hall–Kier alpha value is -2.50. The lowest BCUT2D eigenvalue weighted by Crippen LogP contribution is -2.44. The topological polar surface area (TPSA) is 56.6 Å². The average Bonchev–Trinajstić information content (AvgIpc) is 3.12. The van der Waals surface area contributed by atoms with Crippen LogP contribution in [0.1, 0.15) is 30.1 Å². The van der Waals surface area contributed by atoms with Gasteiger partial charge in [0, 0.05) is 38.4 Å². The van der Waals surface area contributed by atoms with Crippen molar-refractivity contribution < 1.29 is 14.3 Å². The Balaban J connectivity index is 1.39. The summed E-state index contributed by atoms with van der Waals surface area (Å²) in [6.45, 7) is 2.00. The zero-order valence-electron chi connectivity index (χ0n) is 15.4. The molecule has 1 atom stereocenters. The number of benzene rings is 1. The van der Waals surface area contributed by atoms with E-state index in [-0.39, 0.29) is 11.8 Å². The Morgan fingerprint density at radius 3 is 2.81 bits per heavy atom. The second-order valence-corrected chi connectivity index (χ2v) is 7.16. The number of fused-ring (bicyclic) bond motifs is 1. The lowest BCUT2D eigenvalue weighted by atomic mass is 9.92. The van der Waals surface area contributed by atoms with Crippen LogP contribution in [0.15, 0.2) is 30.6 Å². The van der Waals surface area contributed by atoms with E-state index in [9.17, 15) is 4.79 Å². The quantitative estimate of drug-likeness (QED) is 0.848. The number of carbonyl (C=O) groups is 1. The minimum absolute atomic E-state index is 0.112. The highest BCUT2D eigenvalue weighted by Gasteiger charge is 2.33. The maximum Gasteiger partial charge on any atom is 0.229 e. The van der Waals surface area contributed by atoms with Crippen molar-refractivity contribution >= 4 is 5.91 Å². The second kappa shape index (κ2) is 7.02. The van der Waals surface area contributed by atoms with Crippen molar-refractivity contribution in [1.82, 2.24) is 14.5 Å². The molecular weight excluding hydrogens is 330 g/mol. The molecule has 2 aliphatic heterocycles. The molecule has 138 valence electrons. The Bertz CT molecular complexity index is 793. The van der Waals surface area contributed by atoms with Crippen LogP contribution in [-0.2, 0) is 18.3 Å². The first-order valence-electron chi connectivity index (χ1n) is 9.22. The van der Waals surface area contributed by atoms with Crippen LogP contribution < -0.4 is 9.47 Å². The van der Waals surface area contributed by atoms with Crippen molar-refractivity contribution in [2.24, 2.45) is 13.0 Å². The zero-order valence-corrected chi connectivity index (χ0v) is 15.4. The van der Waals surface area contributed by atoms with Gasteiger partial charge in [0.15, 0.2) is 11.5 Å². The molecule has 1 saturated heterocycles. The van der Waals surface area contributed by atoms with Crippen molar-refractivity contribution in [2.75, 3.05) is 26.8 Å². The van der Waals surface area contributed by atoms with E-state index in [0.29, 0.717) is 18.9 Å². The van der Waals surface area contributed by atoms with Gasteiger partial charge in [-0.3, -0.25) is 4.79 Å². The van der Waals surface area contributed by atoms with Gasteiger partial charge < -0.3 is 18.9 Å². The molecule has 2 aliphatic rings. The molecule has 1 aromatic carbocycles. The first kappa shape index (κ1) is 16.9. The number of hydrogen-bond donors (Lipinski definition) is 0. The molecule has 1 fully saturated rings. The molecule has 0 saturated carbocycles. The molecule has 4 rings (SSSR count). The van der Waals surface area contributed by atoms with E-state index in [1.54, 1.807) is 7.11 Å². The molecule has 1 unspecified atom stereocenters. The fourth-order valence-electron chi connectivity index (χ4n) is 4.10. The molecule has 6 heteroatoms. The Morgan fingerprint density at radius 2 is 2.12 bits per heavy atom. The van der Waals surface area contributed by atoms with Crippen molar-refractivity contribution in [3.63, 3.8) is 0 Å². The molecule has 3 heterocycles. The van der Waals surface area contributed by atoms with Gasteiger partial charge in [0.05, 0.1) is 13.0 Å². The molecule has 26 heavy (non-hydrogen) atoms. The number of nitrogens with zero attached hydrogens (tertiary/aromatic N) is 3. The van der Waals surface area contributed by atoms with E-state index in [1.807, 2.05) is 42.5 Å². The minimum Gasteiger partial charge on any atom is -0.493 e. The van der Waals surface area contributed by atoms with Gasteiger partial charge in [-0.05, 0) is 30.9 Å². The third-order valence-corrected chi connectivity index (χ3v) is 5.56. The summed E-state index contributed by atoms with van der Waals surface area (Å²) in [4.78, 5) is 19.4. The van der Waals surface area contributed by atoms with Gasteiger partial charge >= 0.3 is 0 Å². The average molecular weight is 355 g/mol. The van der Waals surface area contributed by atoms with Gasteiger partial charge in [-0.2, -0.15) is 0 Å². The van der Waals surface area contributed by atoms with Crippen molar-refractivity contribution in [2.45, 2.75) is 25.2 Å². The van der Waals surface area contributed by atoms with Crippen LogP contribution >= 0.6 is 0 Å². The normalized spacial score (nSPS) is 20.4. The van der Waals surface area contributed by atoms with Crippen LogP contribution in [0, 0.1) is 5.92 Å². The molecule has 0 bridgehead atoms. The lowest BCUT2D eigenvalue weighted by molar-refractivity contribution is -0.138. The highest BCUT2D eigenvalue weighted by molar-refractivity contribution is 5.80. The Kier molecular flexibility index (Phi) is 4.57. The van der Waals surface area contributed by atoms with Gasteiger partial charge in [-0.15, -0.1) is 0 Å². The molecule has 0 spiro atoms. The summed E-state index contributed by atoms with van der Waals surface area (Å²) in [5, 5.41) is 0. The number of carbonyl (C=O) groups excluding carboxylic acids is 1. The smallest absolute Gasteiger partial charge is 0.229 e. The largest absolute Gasteiger partial charge is 0.493 e. The van der Waals surface area contributed by atoms with Gasteiger partial charge in [0.2, 0.25) is 5.91 Å². The summed E-state index contributed by atoms with van der Waals surface area (Å²) >= 11 is 0. The van der Waals surface area contributed by atoms with Gasteiger partial charge in [0.25, 0.3) is 0 Å². The monoisotopic (exact) mass is 355 g/mol. The third-order valence-electron chi connectivity index (χ3n) is 5.56. The van der Waals surface area contributed by atoms with Crippen molar-refractivity contribution in [3.8, 4) is 11.5 Å². The van der Waals surface area contributed by atoms with E-state index in [0.717, 1.165) is 48.8 Å². The van der Waals surface area contributed by atoms with Crippen LogP contribution in [-0.4, -0.2) is 47.2 Å². The molecule has 6 nitrogen and oxygen atoms in total. The van der Waals surface area contributed by atoms with Crippen LogP contribution in [0.25, 0.3) is 0 Å². The number of piperidine rings is 1. The summed E-state index contributed by atoms with van der Waals surface area (Å²) in [6, 6.07) is 5.86. The molecule has 0 N–H and O–H groups in total. The van der Waals surface area contributed by atoms with E-state index in [1.165, 1.54) is 0 Å². The number of rotatable bonds is 3. The summed E-state index contributed by atoms with van der Waals surface area (Å²) in [5.41, 5.74) is 1.05. The van der Waals surface area contributed by atoms with Gasteiger partial charge in [0.1, 0.15) is 12.4 Å². The third kappa shape index (κ3) is 3.04. The van der Waals surface area contributed by atoms with E-state index in [4.69, 9.17) is 9.47 Å². The van der Waals surface area contributed by atoms with Gasteiger partial charge in [-0.25, -0.2) is 4.98 Å². The summed E-state index contributed by atoms with van der Waals surface area (Å²) in [5.74, 6) is 3.18. The highest BCUT2D eigenvalue weighted by atomic mass is 16.5. The van der Waals surface area contributed by atoms with Crippen LogP contribution in [0.5, 0.6) is 11.5 Å². The van der Waals surface area contributed by atoms with E-state index < -0.39 is 0 Å². The predicted molar refractivity (Wildman–Crippen MR) is 97.4 cm³/mol. The number of ether oxygens (including phenoxy) is 2. The standard InChI is InChI=1S/C20H25N3O3/c1-22-11-8-21-19(22)14-6-9-23(10-7-14)20(24)16-12-15-4-3-5-17(25-2)18(15)26-13-16/h3-5,8,11,14,16H,6-7,9-10,12-13H2,1-2H3. The maximum absolute atomic E-state index is 13.0. The van der Waals surface area contributed by atoms with Crippen LogP contribution in [0.3, 0.4) is 0 Å². The van der Waals surface area contributed by atoms with E-state index in [2.05, 4.69) is 9.55 Å². The molecule has 1 aromatic heterocycles. The second-order valence-electron chi connectivity index (χ2n) is 7.16. The predicted octanol–water partition coefficient (Wildman–Crippen LogP) is 2.39. The van der Waals surface area contributed by atoms with Gasteiger partial charge in [-0.1, -0.05) is 12.1 Å². The lowest BCUT2D eigenvalue weighted by Gasteiger charge is -2.35. The maximum atomic E-state index is 13.0. The summed E-state index contributed by atoms with van der Waals surface area (Å²) < 4.78 is 13.3. The highest BCUT2D eigenvalue weighted by Crippen LogP contribution is 2.37. The van der Waals surface area contributed by atoms with E-state index >= 15 is 0 Å². The number of imidazole rings is 1. The molecule has 2 aromatic rings. The number of para-hydroxylation sites is 1. The first-order valence-corrected chi connectivity index (χ1v) is 9.22. The SMILES string of the molecule is COc1cccc2c1OCC(C(=O)N1CCC(c3nccn3C)CC1)C2. The number of likely N-dealkylation sites (tertiary alicyclic amines) is 1. The van der Waals surface area contributed by atoms with Crippen molar-refractivity contribution in [3.05, 3.63) is 42.0 Å². The zero-order chi connectivity index (χ0) is 18.1. The molecule has 0 radical (unpaired) electrons. The fourth-order valence-corrected chi connectivity index (χ4v) is 4.10. The molecular formula is C20H25N3O3. The fraction of sp³-hybridized carbons (Fsp3) is 0.500. The van der Waals surface area contributed by atoms with Crippen molar-refractivity contribution in [1.29, 1.82) is 0 Å². The molecule has 0 aliphatic carbocycles. The Labute approximate surface area is 153 Å². The first-order chi connectivity index (χ1) is 12.7. The number of aryl methyl sites for hydroxylation is 1. The number of aromatic nitrogens is 2. The molecule has 1 amide bonds. The summed E-state index contributed by atoms with van der Waals surface area (Å²) in [6.07, 6.45) is 6.48. The Morgan fingerprint density at radius 1 is 1.31 bits per heavy atom. The van der Waals surface area contributed by atoms with Crippen LogP contribution in [0.4, 0.5) is 0 Å². The number of methoxy groups -OCH3 is 1. The number of hydrogen-bond acceptors (Lipinski definition) is 4. The number of amides is 1. The summed E-state index contributed by atoms with van der Waals surface area (Å²) in [7, 11) is 3.67.